The second kappa shape index (κ2) is 6.54. The molecular formula is C9H11N3O6S. The number of hydrogen-bond donors (Lipinski definition) is 5. The predicted molar refractivity (Wildman–Crippen MR) is 64.0 cm³/mol. The molecule has 5 N–H and O–H groups in total. The first kappa shape index (κ1) is 14.7. The summed E-state index contributed by atoms with van der Waals surface area (Å²) in [5.41, 5.74) is 0.468. The summed E-state index contributed by atoms with van der Waals surface area (Å²) in [5, 5.41) is 23.0. The van der Waals surface area contributed by atoms with Crippen molar-refractivity contribution in [3.05, 3.63) is 20.7 Å². The number of aromatic amines is 1. The number of hydrogen-bond acceptors (Lipinski definition) is 5. The van der Waals surface area contributed by atoms with Crippen molar-refractivity contribution in [1.82, 2.24) is 15.6 Å². The van der Waals surface area contributed by atoms with Gasteiger partial charge in [-0.25, -0.2) is 9.59 Å². The normalized spacial score (nSPS) is 11.6. The molecule has 0 aliphatic heterocycles. The molecule has 19 heavy (non-hydrogen) atoms. The average molecular weight is 289 g/mol. The van der Waals surface area contributed by atoms with Gasteiger partial charge in [-0.2, -0.15) is 0 Å². The third-order valence-electron chi connectivity index (χ3n) is 1.99. The van der Waals surface area contributed by atoms with Gasteiger partial charge in [0, 0.05) is 11.1 Å². The summed E-state index contributed by atoms with van der Waals surface area (Å²) >= 11 is 0.929. The van der Waals surface area contributed by atoms with Crippen molar-refractivity contribution < 1.29 is 24.6 Å². The van der Waals surface area contributed by atoms with Gasteiger partial charge in [-0.05, 0) is 0 Å². The number of aromatic nitrogens is 1. The van der Waals surface area contributed by atoms with Crippen LogP contribution in [-0.2, 0) is 16.1 Å². The standard InChI is InChI=1S/C9H11N3O6S/c13-6(14)1-5(7(15)16)12-8(17)10-2-4-3-19-9(18)11-4/h3,5H,1-2H2,(H,11,18)(H,13,14)(H,15,16)(H2,10,12,17). The number of urea groups is 1. The molecule has 0 radical (unpaired) electrons. The Labute approximate surface area is 110 Å². The monoisotopic (exact) mass is 289 g/mol. The molecular weight excluding hydrogens is 278 g/mol. The van der Waals surface area contributed by atoms with Gasteiger partial charge in [0.1, 0.15) is 6.04 Å². The number of rotatable bonds is 6. The Morgan fingerprint density at radius 1 is 1.37 bits per heavy atom. The average Bonchev–Trinajstić information content (AvgIpc) is 2.71. The van der Waals surface area contributed by atoms with Crippen molar-refractivity contribution in [3.63, 3.8) is 0 Å². The molecule has 0 bridgehead atoms. The van der Waals surface area contributed by atoms with Gasteiger partial charge >= 0.3 is 22.8 Å². The summed E-state index contributed by atoms with van der Waals surface area (Å²) in [4.78, 5) is 45.4. The van der Waals surface area contributed by atoms with Gasteiger partial charge in [-0.1, -0.05) is 11.3 Å². The van der Waals surface area contributed by atoms with Gasteiger partial charge in [0.05, 0.1) is 13.0 Å². The zero-order chi connectivity index (χ0) is 14.4. The van der Waals surface area contributed by atoms with E-state index in [4.69, 9.17) is 10.2 Å². The van der Waals surface area contributed by atoms with Crippen molar-refractivity contribution in [2.45, 2.75) is 19.0 Å². The summed E-state index contributed by atoms with van der Waals surface area (Å²) in [6.07, 6.45) is -0.724. The highest BCUT2D eigenvalue weighted by Crippen LogP contribution is 1.96. The number of aliphatic carboxylic acids is 2. The molecule has 9 nitrogen and oxygen atoms in total. The Bertz CT molecular complexity index is 536. The fourth-order valence-corrected chi connectivity index (χ4v) is 1.74. The van der Waals surface area contributed by atoms with Crippen molar-refractivity contribution >= 4 is 29.3 Å². The van der Waals surface area contributed by atoms with Crippen LogP contribution in [0.15, 0.2) is 10.2 Å². The van der Waals surface area contributed by atoms with Crippen LogP contribution in [0, 0.1) is 0 Å². The highest BCUT2D eigenvalue weighted by Gasteiger charge is 2.22. The molecule has 2 amide bonds. The Morgan fingerprint density at radius 3 is 2.53 bits per heavy atom. The van der Waals surface area contributed by atoms with Gasteiger partial charge in [0.15, 0.2) is 0 Å². The Balaban J connectivity index is 2.46. The lowest BCUT2D eigenvalue weighted by molar-refractivity contribution is -0.145. The number of carbonyl (C=O) groups is 3. The Morgan fingerprint density at radius 2 is 2.05 bits per heavy atom. The van der Waals surface area contributed by atoms with Crippen LogP contribution in [0.5, 0.6) is 0 Å². The van der Waals surface area contributed by atoms with E-state index >= 15 is 0 Å². The minimum Gasteiger partial charge on any atom is -0.481 e. The minimum absolute atomic E-state index is 0.00395. The van der Waals surface area contributed by atoms with E-state index in [1.54, 1.807) is 0 Å². The zero-order valence-corrected chi connectivity index (χ0v) is 10.3. The number of carboxylic acid groups (broad SMARTS) is 2. The van der Waals surface area contributed by atoms with Gasteiger partial charge in [-0.3, -0.25) is 9.59 Å². The van der Waals surface area contributed by atoms with Crippen molar-refractivity contribution in [3.8, 4) is 0 Å². The molecule has 0 aromatic carbocycles. The summed E-state index contributed by atoms with van der Waals surface area (Å²) in [5.74, 6) is -2.78. The molecule has 104 valence electrons. The maximum Gasteiger partial charge on any atom is 0.326 e. The van der Waals surface area contributed by atoms with E-state index in [0.29, 0.717) is 5.69 Å². The quantitative estimate of drug-likeness (QED) is 0.461. The molecule has 0 saturated carbocycles. The van der Waals surface area contributed by atoms with E-state index in [1.807, 2.05) is 5.32 Å². The summed E-state index contributed by atoms with van der Waals surface area (Å²) < 4.78 is 0. The summed E-state index contributed by atoms with van der Waals surface area (Å²) in [6, 6.07) is -2.35. The van der Waals surface area contributed by atoms with Gasteiger partial charge in [0.25, 0.3) is 0 Å². The SMILES string of the molecule is O=C(O)CC(NC(=O)NCc1csc(=O)[nH]1)C(=O)O. The van der Waals surface area contributed by atoms with E-state index in [9.17, 15) is 19.2 Å². The van der Waals surface area contributed by atoms with Crippen LogP contribution in [0.2, 0.25) is 0 Å². The van der Waals surface area contributed by atoms with E-state index in [0.717, 1.165) is 11.3 Å². The fourth-order valence-electron chi connectivity index (χ4n) is 1.16. The fraction of sp³-hybridized carbons (Fsp3) is 0.333. The van der Waals surface area contributed by atoms with Crippen LogP contribution < -0.4 is 15.5 Å². The maximum absolute atomic E-state index is 11.4. The first-order chi connectivity index (χ1) is 8.88. The second-order valence-electron chi connectivity index (χ2n) is 3.49. The number of amides is 2. The van der Waals surface area contributed by atoms with Crippen LogP contribution in [-0.4, -0.2) is 39.2 Å². The van der Waals surface area contributed by atoms with Gasteiger partial charge in [-0.15, -0.1) is 0 Å². The Hall–Kier alpha value is -2.36. The van der Waals surface area contributed by atoms with Crippen LogP contribution in [0.25, 0.3) is 0 Å². The van der Waals surface area contributed by atoms with Crippen LogP contribution in [0.3, 0.4) is 0 Å². The molecule has 10 heteroatoms. The lowest BCUT2D eigenvalue weighted by atomic mass is 10.2. The minimum atomic E-state index is -1.51. The van der Waals surface area contributed by atoms with Crippen LogP contribution >= 0.6 is 11.3 Å². The van der Waals surface area contributed by atoms with Crippen LogP contribution in [0.1, 0.15) is 12.1 Å². The Kier molecular flexibility index (Phi) is 5.06. The molecule has 0 aliphatic carbocycles. The van der Waals surface area contributed by atoms with Crippen molar-refractivity contribution in [1.29, 1.82) is 0 Å². The molecule has 1 unspecified atom stereocenters. The highest BCUT2D eigenvalue weighted by atomic mass is 32.1. The highest BCUT2D eigenvalue weighted by molar-refractivity contribution is 7.07. The van der Waals surface area contributed by atoms with E-state index in [2.05, 4.69) is 10.3 Å². The predicted octanol–water partition coefficient (Wildman–Crippen LogP) is -0.836. The largest absolute Gasteiger partial charge is 0.481 e. The second-order valence-corrected chi connectivity index (χ2v) is 4.33. The third-order valence-corrected chi connectivity index (χ3v) is 2.71. The number of carboxylic acids is 2. The first-order valence-electron chi connectivity index (χ1n) is 5.04. The smallest absolute Gasteiger partial charge is 0.326 e. The summed E-state index contributed by atoms with van der Waals surface area (Å²) in [6.45, 7) is 0.00395. The van der Waals surface area contributed by atoms with Crippen LogP contribution in [0.4, 0.5) is 4.79 Å². The van der Waals surface area contributed by atoms with Crippen molar-refractivity contribution in [2.24, 2.45) is 0 Å². The van der Waals surface area contributed by atoms with Gasteiger partial charge < -0.3 is 25.8 Å². The molecule has 1 aromatic rings. The third kappa shape index (κ3) is 5.21. The number of thiazole rings is 1. The molecule has 0 aliphatic rings. The number of carbonyl (C=O) groups excluding carboxylic acids is 1. The van der Waals surface area contributed by atoms with Gasteiger partial charge in [0.2, 0.25) is 0 Å². The molecule has 0 saturated heterocycles. The topological polar surface area (TPSA) is 149 Å². The number of nitrogens with one attached hydrogen (secondary N) is 3. The summed E-state index contributed by atoms with van der Waals surface area (Å²) in [7, 11) is 0. The lowest BCUT2D eigenvalue weighted by Crippen LogP contribution is -2.46. The molecule has 0 spiro atoms. The maximum atomic E-state index is 11.4. The lowest BCUT2D eigenvalue weighted by Gasteiger charge is -2.12. The van der Waals surface area contributed by atoms with E-state index in [1.165, 1.54) is 5.38 Å². The molecule has 0 fully saturated rings. The molecule has 1 heterocycles. The van der Waals surface area contributed by atoms with E-state index < -0.39 is 30.4 Å². The number of H-pyrrole nitrogens is 1. The molecule has 1 rings (SSSR count). The molecule has 1 aromatic heterocycles. The first-order valence-corrected chi connectivity index (χ1v) is 5.92. The van der Waals surface area contributed by atoms with E-state index in [-0.39, 0.29) is 11.4 Å². The zero-order valence-electron chi connectivity index (χ0n) is 9.50. The van der Waals surface area contributed by atoms with Crippen molar-refractivity contribution in [2.75, 3.05) is 0 Å². The molecule has 1 atom stereocenters.